The SMILES string of the molecule is CC(C)(C)OC(=O)N[C@@H](Cc1ccccc1)C(=O)NCCCCNC(=O)[C@H](Cc1ccccc1)NC(=O)O. The van der Waals surface area contributed by atoms with Crippen LogP contribution in [0.25, 0.3) is 0 Å². The zero-order valence-electron chi connectivity index (χ0n) is 22.2. The molecule has 4 amide bonds. The Balaban J connectivity index is 1.80. The van der Waals surface area contributed by atoms with Crippen LogP contribution in [-0.2, 0) is 27.2 Å². The molecule has 2 aromatic rings. The number of alkyl carbamates (subject to hydrolysis) is 1. The molecule has 2 atom stereocenters. The Morgan fingerprint density at radius 3 is 1.55 bits per heavy atom. The van der Waals surface area contributed by atoms with Gasteiger partial charge in [0.05, 0.1) is 0 Å². The predicted octanol–water partition coefficient (Wildman–Crippen LogP) is 3.01. The first-order valence-corrected chi connectivity index (χ1v) is 12.7. The van der Waals surface area contributed by atoms with Crippen molar-refractivity contribution < 1.29 is 29.0 Å². The van der Waals surface area contributed by atoms with Crippen LogP contribution in [0.5, 0.6) is 0 Å². The van der Waals surface area contributed by atoms with Crippen LogP contribution in [0.15, 0.2) is 60.7 Å². The summed E-state index contributed by atoms with van der Waals surface area (Å²) in [5, 5.41) is 19.6. The topological polar surface area (TPSA) is 146 Å². The molecular formula is C28H38N4O6. The highest BCUT2D eigenvalue weighted by Gasteiger charge is 2.25. The number of carbonyl (C=O) groups excluding carboxylic acids is 3. The Kier molecular flexibility index (Phi) is 12.1. The average molecular weight is 527 g/mol. The van der Waals surface area contributed by atoms with E-state index >= 15 is 0 Å². The van der Waals surface area contributed by atoms with Crippen molar-refractivity contribution in [2.75, 3.05) is 13.1 Å². The van der Waals surface area contributed by atoms with Crippen LogP contribution in [0, 0.1) is 0 Å². The first-order valence-electron chi connectivity index (χ1n) is 12.7. The lowest BCUT2D eigenvalue weighted by Crippen LogP contribution is -2.49. The van der Waals surface area contributed by atoms with Crippen LogP contribution in [0.3, 0.4) is 0 Å². The van der Waals surface area contributed by atoms with Crippen molar-refractivity contribution in [3.8, 4) is 0 Å². The summed E-state index contributed by atoms with van der Waals surface area (Å²) in [7, 11) is 0. The molecule has 10 nitrogen and oxygen atoms in total. The second-order valence-corrected chi connectivity index (χ2v) is 9.87. The first kappa shape index (κ1) is 30.1. The Morgan fingerprint density at radius 1 is 0.737 bits per heavy atom. The molecule has 206 valence electrons. The molecule has 0 aromatic heterocycles. The van der Waals surface area contributed by atoms with Gasteiger partial charge in [0.2, 0.25) is 11.8 Å². The normalized spacial score (nSPS) is 12.5. The molecule has 0 heterocycles. The van der Waals surface area contributed by atoms with Crippen molar-refractivity contribution in [1.82, 2.24) is 21.3 Å². The maximum Gasteiger partial charge on any atom is 0.408 e. The number of ether oxygens (including phenoxy) is 1. The van der Waals surface area contributed by atoms with Crippen molar-refractivity contribution in [2.24, 2.45) is 0 Å². The highest BCUT2D eigenvalue weighted by Crippen LogP contribution is 2.09. The molecule has 0 saturated carbocycles. The molecule has 0 radical (unpaired) electrons. The third-order valence-electron chi connectivity index (χ3n) is 5.39. The molecule has 0 bridgehead atoms. The average Bonchev–Trinajstić information content (AvgIpc) is 2.85. The molecule has 0 aliphatic carbocycles. The van der Waals surface area contributed by atoms with Gasteiger partial charge in [0.25, 0.3) is 0 Å². The Hall–Kier alpha value is -4.08. The molecule has 0 saturated heterocycles. The van der Waals surface area contributed by atoms with E-state index in [1.54, 1.807) is 20.8 Å². The standard InChI is InChI=1S/C28H38N4O6/c1-28(2,3)38-27(37)32-23(19-21-14-8-5-9-15-21)25(34)30-17-11-10-16-29-24(33)22(31-26(35)36)18-20-12-6-4-7-13-20/h4-9,12-15,22-23,31H,10-11,16-19H2,1-3H3,(H,29,33)(H,30,34)(H,32,37)(H,35,36)/t22-,23-/m0/s1. The second kappa shape index (κ2) is 15.2. The Morgan fingerprint density at radius 2 is 1.16 bits per heavy atom. The number of hydrogen-bond acceptors (Lipinski definition) is 5. The van der Waals surface area contributed by atoms with Crippen molar-refractivity contribution in [3.05, 3.63) is 71.8 Å². The molecule has 5 N–H and O–H groups in total. The fraction of sp³-hybridized carbons (Fsp3) is 0.429. The summed E-state index contributed by atoms with van der Waals surface area (Å²) in [4.78, 5) is 48.8. The van der Waals surface area contributed by atoms with E-state index in [1.165, 1.54) is 0 Å². The van der Waals surface area contributed by atoms with E-state index in [0.29, 0.717) is 32.4 Å². The number of unbranched alkanes of at least 4 members (excludes halogenated alkanes) is 1. The lowest BCUT2D eigenvalue weighted by atomic mass is 10.1. The molecule has 0 spiro atoms. The van der Waals surface area contributed by atoms with Gasteiger partial charge in [-0.3, -0.25) is 9.59 Å². The summed E-state index contributed by atoms with van der Waals surface area (Å²) >= 11 is 0. The third-order valence-corrected chi connectivity index (χ3v) is 5.39. The van der Waals surface area contributed by atoms with E-state index in [9.17, 15) is 19.2 Å². The van der Waals surface area contributed by atoms with Gasteiger partial charge >= 0.3 is 12.2 Å². The highest BCUT2D eigenvalue weighted by atomic mass is 16.6. The zero-order chi connectivity index (χ0) is 28.0. The fourth-order valence-electron chi connectivity index (χ4n) is 3.64. The first-order chi connectivity index (χ1) is 18.0. The van der Waals surface area contributed by atoms with E-state index in [4.69, 9.17) is 9.84 Å². The number of carbonyl (C=O) groups is 4. The summed E-state index contributed by atoms with van der Waals surface area (Å²) in [6, 6.07) is 16.8. The van der Waals surface area contributed by atoms with Gasteiger partial charge in [0.15, 0.2) is 0 Å². The molecule has 2 aromatic carbocycles. The quantitative estimate of drug-likeness (QED) is 0.254. The lowest BCUT2D eigenvalue weighted by molar-refractivity contribution is -0.124. The molecular weight excluding hydrogens is 488 g/mol. The minimum atomic E-state index is -1.27. The second-order valence-electron chi connectivity index (χ2n) is 9.87. The van der Waals surface area contributed by atoms with E-state index in [-0.39, 0.29) is 12.3 Å². The Labute approximate surface area is 223 Å². The van der Waals surface area contributed by atoms with Crippen LogP contribution in [0.1, 0.15) is 44.7 Å². The van der Waals surface area contributed by atoms with Crippen LogP contribution in [0.4, 0.5) is 9.59 Å². The van der Waals surface area contributed by atoms with Crippen molar-refractivity contribution >= 4 is 24.0 Å². The van der Waals surface area contributed by atoms with Gasteiger partial charge in [0, 0.05) is 25.9 Å². The summed E-state index contributed by atoms with van der Waals surface area (Å²) in [5.41, 5.74) is 1.04. The third kappa shape index (κ3) is 12.2. The van der Waals surface area contributed by atoms with Crippen molar-refractivity contribution in [2.45, 2.75) is 64.1 Å². The predicted molar refractivity (Wildman–Crippen MR) is 144 cm³/mol. The van der Waals surface area contributed by atoms with Gasteiger partial charge < -0.3 is 31.1 Å². The van der Waals surface area contributed by atoms with Gasteiger partial charge in [0.1, 0.15) is 17.7 Å². The Bertz CT molecular complexity index is 1040. The van der Waals surface area contributed by atoms with E-state index in [1.807, 2.05) is 60.7 Å². The van der Waals surface area contributed by atoms with Crippen molar-refractivity contribution in [3.63, 3.8) is 0 Å². The number of nitrogens with one attached hydrogen (secondary N) is 4. The summed E-state index contributed by atoms with van der Waals surface area (Å²) in [6.45, 7) is 5.92. The van der Waals surface area contributed by atoms with Crippen LogP contribution < -0.4 is 21.3 Å². The number of hydrogen-bond donors (Lipinski definition) is 5. The van der Waals surface area contributed by atoms with Gasteiger partial charge in [-0.25, -0.2) is 9.59 Å². The molecule has 2 rings (SSSR count). The summed E-state index contributed by atoms with van der Waals surface area (Å²) < 4.78 is 5.30. The minimum absolute atomic E-state index is 0.239. The summed E-state index contributed by atoms with van der Waals surface area (Å²) in [5.74, 6) is -0.748. The molecule has 10 heteroatoms. The van der Waals surface area contributed by atoms with Gasteiger partial charge in [-0.05, 0) is 44.7 Å². The van der Waals surface area contributed by atoms with Crippen LogP contribution in [-0.4, -0.2) is 59.9 Å². The number of benzene rings is 2. The molecule has 0 fully saturated rings. The molecule has 38 heavy (non-hydrogen) atoms. The molecule has 0 unspecified atom stereocenters. The number of amides is 4. The largest absolute Gasteiger partial charge is 0.465 e. The van der Waals surface area contributed by atoms with E-state index < -0.39 is 35.8 Å². The maximum absolute atomic E-state index is 12.8. The molecule has 0 aliphatic heterocycles. The fourth-order valence-corrected chi connectivity index (χ4v) is 3.64. The molecule has 0 aliphatic rings. The summed E-state index contributed by atoms with van der Waals surface area (Å²) in [6.07, 6.45) is -0.249. The van der Waals surface area contributed by atoms with Gasteiger partial charge in [-0.1, -0.05) is 60.7 Å². The van der Waals surface area contributed by atoms with Gasteiger partial charge in [-0.2, -0.15) is 0 Å². The van der Waals surface area contributed by atoms with Gasteiger partial charge in [-0.15, -0.1) is 0 Å². The number of carboxylic acid groups (broad SMARTS) is 1. The monoisotopic (exact) mass is 526 g/mol. The maximum atomic E-state index is 12.8. The lowest BCUT2D eigenvalue weighted by Gasteiger charge is -2.23. The van der Waals surface area contributed by atoms with E-state index in [0.717, 1.165) is 11.1 Å². The van der Waals surface area contributed by atoms with E-state index in [2.05, 4.69) is 21.3 Å². The van der Waals surface area contributed by atoms with Crippen LogP contribution in [0.2, 0.25) is 0 Å². The van der Waals surface area contributed by atoms with Crippen molar-refractivity contribution in [1.29, 1.82) is 0 Å². The highest BCUT2D eigenvalue weighted by molar-refractivity contribution is 5.86. The zero-order valence-corrected chi connectivity index (χ0v) is 22.2. The van der Waals surface area contributed by atoms with Crippen LogP contribution >= 0.6 is 0 Å². The minimum Gasteiger partial charge on any atom is -0.465 e. The number of rotatable bonds is 13. The smallest absolute Gasteiger partial charge is 0.408 e.